The fraction of sp³-hybridized carbons (Fsp3) is 0.625. The van der Waals surface area contributed by atoms with E-state index in [4.69, 9.17) is 0 Å². The number of piperazine rings is 1. The molecule has 1 amide bonds. The number of nitrogens with one attached hydrogen (secondary N) is 1. The van der Waals surface area contributed by atoms with Gasteiger partial charge in [-0.2, -0.15) is 0 Å². The van der Waals surface area contributed by atoms with Crippen LogP contribution in [0.2, 0.25) is 0 Å². The Morgan fingerprint density at radius 2 is 1.95 bits per heavy atom. The standard InChI is InChI=1S/C16H23BrN4O/c17-14-1-2-15(19-12-14)20-7-9-21(10-8-20)16(22)11-13-3-5-18-6-4-13/h1-2,12-13,18H,3-11H2. The van der Waals surface area contributed by atoms with Crippen LogP contribution in [0.25, 0.3) is 0 Å². The lowest BCUT2D eigenvalue weighted by Gasteiger charge is -2.36. The number of halogens is 1. The maximum Gasteiger partial charge on any atom is 0.222 e. The van der Waals surface area contributed by atoms with E-state index in [1.165, 1.54) is 0 Å². The summed E-state index contributed by atoms with van der Waals surface area (Å²) in [5.41, 5.74) is 0. The highest BCUT2D eigenvalue weighted by Crippen LogP contribution is 2.20. The highest BCUT2D eigenvalue weighted by atomic mass is 79.9. The van der Waals surface area contributed by atoms with Crippen molar-refractivity contribution in [2.75, 3.05) is 44.2 Å². The summed E-state index contributed by atoms with van der Waals surface area (Å²) in [5.74, 6) is 1.89. The summed E-state index contributed by atoms with van der Waals surface area (Å²) in [4.78, 5) is 21.1. The van der Waals surface area contributed by atoms with Gasteiger partial charge < -0.3 is 15.1 Å². The molecule has 0 unspecified atom stereocenters. The molecule has 1 N–H and O–H groups in total. The van der Waals surface area contributed by atoms with Gasteiger partial charge in [-0.25, -0.2) is 4.98 Å². The maximum absolute atomic E-state index is 12.4. The third kappa shape index (κ3) is 3.98. The number of piperidine rings is 1. The van der Waals surface area contributed by atoms with Gasteiger partial charge in [0, 0.05) is 43.3 Å². The van der Waals surface area contributed by atoms with Crippen LogP contribution in [0, 0.1) is 5.92 Å². The van der Waals surface area contributed by atoms with E-state index >= 15 is 0 Å². The number of pyridine rings is 1. The summed E-state index contributed by atoms with van der Waals surface area (Å²) in [6, 6.07) is 4.04. The molecule has 1 aromatic heterocycles. The molecule has 6 heteroatoms. The Hall–Kier alpha value is -1.14. The third-order valence-corrected chi connectivity index (χ3v) is 5.06. The van der Waals surface area contributed by atoms with Crippen LogP contribution < -0.4 is 10.2 Å². The highest BCUT2D eigenvalue weighted by molar-refractivity contribution is 9.10. The Morgan fingerprint density at radius 3 is 2.59 bits per heavy atom. The molecule has 1 aromatic rings. The summed E-state index contributed by atoms with van der Waals surface area (Å²) in [6.07, 6.45) is 4.81. The fourth-order valence-corrected chi connectivity index (χ4v) is 3.44. The Morgan fingerprint density at radius 1 is 1.23 bits per heavy atom. The normalized spacial score (nSPS) is 20.2. The van der Waals surface area contributed by atoms with Crippen molar-refractivity contribution in [3.8, 4) is 0 Å². The molecular weight excluding hydrogens is 344 g/mol. The monoisotopic (exact) mass is 366 g/mol. The summed E-state index contributed by atoms with van der Waals surface area (Å²) in [5, 5.41) is 3.35. The second kappa shape index (κ2) is 7.42. The van der Waals surface area contributed by atoms with Gasteiger partial charge in [0.15, 0.2) is 0 Å². The molecule has 2 fully saturated rings. The van der Waals surface area contributed by atoms with E-state index in [1.54, 1.807) is 0 Å². The Kier molecular flexibility index (Phi) is 5.31. The predicted octanol–water partition coefficient (Wildman–Crippen LogP) is 1.88. The maximum atomic E-state index is 12.4. The number of carbonyl (C=O) groups excluding carboxylic acids is 1. The van der Waals surface area contributed by atoms with Crippen LogP contribution >= 0.6 is 15.9 Å². The van der Waals surface area contributed by atoms with Crippen molar-refractivity contribution >= 4 is 27.7 Å². The zero-order valence-corrected chi connectivity index (χ0v) is 14.4. The quantitative estimate of drug-likeness (QED) is 0.887. The van der Waals surface area contributed by atoms with E-state index in [-0.39, 0.29) is 0 Å². The SMILES string of the molecule is O=C(CC1CCNCC1)N1CCN(c2ccc(Br)cn2)CC1. The minimum atomic E-state index is 0.329. The van der Waals surface area contributed by atoms with Crippen molar-refractivity contribution in [1.29, 1.82) is 0 Å². The van der Waals surface area contributed by atoms with Gasteiger partial charge in [-0.05, 0) is 59.9 Å². The first kappa shape index (κ1) is 15.7. The molecule has 5 nitrogen and oxygen atoms in total. The molecule has 0 bridgehead atoms. The van der Waals surface area contributed by atoms with Gasteiger partial charge in [0.05, 0.1) is 0 Å². The number of hydrogen-bond donors (Lipinski definition) is 1. The molecule has 3 rings (SSSR count). The number of nitrogens with zero attached hydrogens (tertiary/aromatic N) is 3. The molecule has 0 radical (unpaired) electrons. The average Bonchev–Trinajstić information content (AvgIpc) is 2.57. The number of rotatable bonds is 3. The van der Waals surface area contributed by atoms with Gasteiger partial charge in [0.1, 0.15) is 5.82 Å². The second-order valence-electron chi connectivity index (χ2n) is 6.10. The molecule has 0 spiro atoms. The second-order valence-corrected chi connectivity index (χ2v) is 7.02. The summed E-state index contributed by atoms with van der Waals surface area (Å²) >= 11 is 3.41. The van der Waals surface area contributed by atoms with Gasteiger partial charge in [0.25, 0.3) is 0 Å². The van der Waals surface area contributed by atoms with Gasteiger partial charge >= 0.3 is 0 Å². The largest absolute Gasteiger partial charge is 0.353 e. The lowest BCUT2D eigenvalue weighted by Crippen LogP contribution is -2.49. The van der Waals surface area contributed by atoms with E-state index < -0.39 is 0 Å². The van der Waals surface area contributed by atoms with E-state index in [0.29, 0.717) is 11.8 Å². The lowest BCUT2D eigenvalue weighted by atomic mass is 9.94. The smallest absolute Gasteiger partial charge is 0.222 e. The van der Waals surface area contributed by atoms with E-state index in [0.717, 1.165) is 68.8 Å². The average molecular weight is 367 g/mol. The third-order valence-electron chi connectivity index (χ3n) is 4.59. The predicted molar refractivity (Wildman–Crippen MR) is 90.9 cm³/mol. The first-order valence-corrected chi connectivity index (χ1v) is 8.86. The van der Waals surface area contributed by atoms with Crippen molar-refractivity contribution in [2.45, 2.75) is 19.3 Å². The minimum Gasteiger partial charge on any atom is -0.353 e. The van der Waals surface area contributed by atoms with Gasteiger partial charge in [0.2, 0.25) is 5.91 Å². The zero-order valence-electron chi connectivity index (χ0n) is 12.8. The first-order chi connectivity index (χ1) is 10.7. The molecule has 2 saturated heterocycles. The van der Waals surface area contributed by atoms with Crippen molar-refractivity contribution in [2.24, 2.45) is 5.92 Å². The van der Waals surface area contributed by atoms with Gasteiger partial charge in [-0.15, -0.1) is 0 Å². The summed E-state index contributed by atoms with van der Waals surface area (Å²) in [7, 11) is 0. The van der Waals surface area contributed by atoms with Gasteiger partial charge in [-0.3, -0.25) is 4.79 Å². The summed E-state index contributed by atoms with van der Waals surface area (Å²) < 4.78 is 0.993. The number of carbonyl (C=O) groups is 1. The van der Waals surface area contributed by atoms with E-state index in [2.05, 4.69) is 31.1 Å². The topological polar surface area (TPSA) is 48.5 Å². The lowest BCUT2D eigenvalue weighted by molar-refractivity contribution is -0.132. The Bertz CT molecular complexity index is 493. The van der Waals surface area contributed by atoms with Gasteiger partial charge in [-0.1, -0.05) is 0 Å². The number of hydrogen-bond acceptors (Lipinski definition) is 4. The van der Waals surface area contributed by atoms with Crippen LogP contribution in [0.1, 0.15) is 19.3 Å². The van der Waals surface area contributed by atoms with E-state index in [9.17, 15) is 4.79 Å². The molecule has 0 saturated carbocycles. The van der Waals surface area contributed by atoms with Crippen molar-refractivity contribution in [1.82, 2.24) is 15.2 Å². The number of amides is 1. The fourth-order valence-electron chi connectivity index (χ4n) is 3.20. The molecule has 0 aromatic carbocycles. The van der Waals surface area contributed by atoms with Crippen LogP contribution in [-0.2, 0) is 4.79 Å². The van der Waals surface area contributed by atoms with Crippen molar-refractivity contribution in [3.05, 3.63) is 22.8 Å². The first-order valence-electron chi connectivity index (χ1n) is 8.07. The van der Waals surface area contributed by atoms with Crippen molar-refractivity contribution < 1.29 is 4.79 Å². The van der Waals surface area contributed by atoms with Crippen LogP contribution in [0.4, 0.5) is 5.82 Å². The van der Waals surface area contributed by atoms with Crippen LogP contribution in [-0.4, -0.2) is 55.1 Å². The van der Waals surface area contributed by atoms with Crippen LogP contribution in [0.5, 0.6) is 0 Å². The molecule has 0 atom stereocenters. The molecule has 120 valence electrons. The Balaban J connectivity index is 1.48. The number of aromatic nitrogens is 1. The molecule has 2 aliphatic heterocycles. The molecule has 3 heterocycles. The molecule has 22 heavy (non-hydrogen) atoms. The zero-order chi connectivity index (χ0) is 15.4. The number of anilines is 1. The highest BCUT2D eigenvalue weighted by Gasteiger charge is 2.24. The van der Waals surface area contributed by atoms with E-state index in [1.807, 2.05) is 23.2 Å². The molecular formula is C16H23BrN4O. The molecule has 2 aliphatic rings. The van der Waals surface area contributed by atoms with Crippen LogP contribution in [0.15, 0.2) is 22.8 Å². The Labute approximate surface area is 140 Å². The minimum absolute atomic E-state index is 0.329. The summed E-state index contributed by atoms with van der Waals surface area (Å²) in [6.45, 7) is 5.46. The molecule has 0 aliphatic carbocycles. The van der Waals surface area contributed by atoms with Crippen molar-refractivity contribution in [3.63, 3.8) is 0 Å². The van der Waals surface area contributed by atoms with Crippen LogP contribution in [0.3, 0.4) is 0 Å².